The summed E-state index contributed by atoms with van der Waals surface area (Å²) < 4.78 is 34.3. The molecule has 3 aromatic carbocycles. The molecule has 0 bridgehead atoms. The fourth-order valence-corrected chi connectivity index (χ4v) is 5.64. The van der Waals surface area contributed by atoms with Crippen molar-refractivity contribution in [2.45, 2.75) is 11.8 Å². The Morgan fingerprint density at radius 1 is 1.00 bits per heavy atom. The van der Waals surface area contributed by atoms with E-state index < -0.39 is 22.5 Å². The molecule has 35 heavy (non-hydrogen) atoms. The second kappa shape index (κ2) is 11.0. The summed E-state index contributed by atoms with van der Waals surface area (Å²) >= 11 is 4.52. The Labute approximate surface area is 215 Å². The number of nitrogens with zero attached hydrogens (tertiary/aromatic N) is 3. The molecule has 4 rings (SSSR count). The number of sulfonamides is 1. The maximum absolute atomic E-state index is 13.5. The molecule has 0 saturated carbocycles. The molecule has 0 atom stereocenters. The summed E-state index contributed by atoms with van der Waals surface area (Å²) in [6.45, 7) is 1.89. The van der Waals surface area contributed by atoms with Crippen molar-refractivity contribution in [3.63, 3.8) is 0 Å². The minimum atomic E-state index is -4.04. The first kappa shape index (κ1) is 24.8. The topological polar surface area (TPSA) is 101 Å². The van der Waals surface area contributed by atoms with Crippen LogP contribution in [0.3, 0.4) is 0 Å². The third kappa shape index (κ3) is 6.05. The molecule has 0 unspecified atom stereocenters. The van der Waals surface area contributed by atoms with E-state index in [0.717, 1.165) is 14.3 Å². The summed E-state index contributed by atoms with van der Waals surface area (Å²) in [5.41, 5.74) is 1.20. The Hall–Kier alpha value is -3.28. The van der Waals surface area contributed by atoms with Crippen LogP contribution < -0.4 is 14.4 Å². The number of hydrogen-bond donors (Lipinski definition) is 1. The van der Waals surface area contributed by atoms with Crippen LogP contribution in [0, 0.1) is 0 Å². The van der Waals surface area contributed by atoms with Crippen molar-refractivity contribution in [1.29, 1.82) is 0 Å². The number of aromatic nitrogens is 2. The Kier molecular flexibility index (Phi) is 7.79. The Morgan fingerprint density at radius 2 is 1.69 bits per heavy atom. The van der Waals surface area contributed by atoms with E-state index in [9.17, 15) is 13.2 Å². The number of amides is 1. The molecular formula is C24H21BrN4O4S2. The van der Waals surface area contributed by atoms with Gasteiger partial charge in [-0.25, -0.2) is 8.42 Å². The smallest absolute Gasteiger partial charge is 0.264 e. The first-order chi connectivity index (χ1) is 16.9. The highest BCUT2D eigenvalue weighted by molar-refractivity contribution is 9.10. The van der Waals surface area contributed by atoms with Gasteiger partial charge in [-0.3, -0.25) is 14.4 Å². The van der Waals surface area contributed by atoms with Crippen LogP contribution in [0.25, 0.3) is 10.6 Å². The minimum absolute atomic E-state index is 0.0599. The van der Waals surface area contributed by atoms with Crippen LogP contribution in [0.4, 0.5) is 10.8 Å². The monoisotopic (exact) mass is 572 g/mol. The molecule has 0 saturated heterocycles. The molecule has 1 heterocycles. The molecule has 4 aromatic rings. The second-order valence-corrected chi connectivity index (χ2v) is 11.0. The van der Waals surface area contributed by atoms with Gasteiger partial charge in [-0.2, -0.15) is 0 Å². The predicted molar refractivity (Wildman–Crippen MR) is 140 cm³/mol. The van der Waals surface area contributed by atoms with Crippen molar-refractivity contribution in [2.75, 3.05) is 22.8 Å². The predicted octanol–water partition coefficient (Wildman–Crippen LogP) is 5.20. The van der Waals surface area contributed by atoms with Crippen LogP contribution in [0.5, 0.6) is 5.75 Å². The highest BCUT2D eigenvalue weighted by Gasteiger charge is 2.27. The zero-order valence-electron chi connectivity index (χ0n) is 18.6. The van der Waals surface area contributed by atoms with Crippen LogP contribution >= 0.6 is 27.3 Å². The van der Waals surface area contributed by atoms with Crippen molar-refractivity contribution in [3.8, 4) is 16.3 Å². The second-order valence-electron chi connectivity index (χ2n) is 7.22. The van der Waals surface area contributed by atoms with Crippen molar-refractivity contribution >= 4 is 54.0 Å². The van der Waals surface area contributed by atoms with Gasteiger partial charge in [0.15, 0.2) is 0 Å². The number of hydrogen-bond acceptors (Lipinski definition) is 7. The van der Waals surface area contributed by atoms with E-state index >= 15 is 0 Å². The standard InChI is InChI=1S/C24H21BrN4O4S2/c1-2-33-20-12-10-19(11-13-20)29(35(31,32)21-14-8-18(25)9-15-21)16-22(30)26-24-28-27-23(34-24)17-6-4-3-5-7-17/h3-15H,2,16H2,1H3,(H,26,28,30). The summed E-state index contributed by atoms with van der Waals surface area (Å²) in [5.74, 6) is 0.0549. The van der Waals surface area contributed by atoms with Gasteiger partial charge in [0.2, 0.25) is 11.0 Å². The maximum atomic E-state index is 13.5. The third-order valence-corrected chi connectivity index (χ3v) is 8.02. The molecule has 0 aliphatic heterocycles. The van der Waals surface area contributed by atoms with Gasteiger partial charge in [0.05, 0.1) is 17.2 Å². The number of nitrogens with one attached hydrogen (secondary N) is 1. The SMILES string of the molecule is CCOc1ccc(N(CC(=O)Nc2nnc(-c3ccccc3)s2)S(=O)(=O)c2ccc(Br)cc2)cc1. The molecule has 1 aromatic heterocycles. The number of ether oxygens (including phenoxy) is 1. The van der Waals surface area contributed by atoms with Gasteiger partial charge >= 0.3 is 0 Å². The van der Waals surface area contributed by atoms with Gasteiger partial charge in [-0.15, -0.1) is 10.2 Å². The summed E-state index contributed by atoms with van der Waals surface area (Å²) in [6, 6.07) is 22.2. The Morgan fingerprint density at radius 3 is 2.34 bits per heavy atom. The summed E-state index contributed by atoms with van der Waals surface area (Å²) in [7, 11) is -4.04. The van der Waals surface area contributed by atoms with Gasteiger partial charge < -0.3 is 4.74 Å². The molecule has 1 N–H and O–H groups in total. The van der Waals surface area contributed by atoms with Gasteiger partial charge in [-0.1, -0.05) is 57.6 Å². The largest absolute Gasteiger partial charge is 0.494 e. The highest BCUT2D eigenvalue weighted by atomic mass is 79.9. The van der Waals surface area contributed by atoms with E-state index in [1.807, 2.05) is 37.3 Å². The Balaban J connectivity index is 1.59. The Bertz CT molecular complexity index is 1390. The van der Waals surface area contributed by atoms with Gasteiger partial charge in [0.25, 0.3) is 10.0 Å². The summed E-state index contributed by atoms with van der Waals surface area (Å²) in [4.78, 5) is 13.0. The zero-order chi connectivity index (χ0) is 24.8. The van der Waals surface area contributed by atoms with E-state index in [1.165, 1.54) is 23.5 Å². The average Bonchev–Trinajstić information content (AvgIpc) is 3.32. The van der Waals surface area contributed by atoms with Crippen LogP contribution in [0.15, 0.2) is 88.2 Å². The van der Waals surface area contributed by atoms with E-state index in [1.54, 1.807) is 36.4 Å². The zero-order valence-corrected chi connectivity index (χ0v) is 21.8. The minimum Gasteiger partial charge on any atom is -0.494 e. The number of halogens is 1. The van der Waals surface area contributed by atoms with E-state index in [4.69, 9.17) is 4.74 Å². The lowest BCUT2D eigenvalue weighted by Crippen LogP contribution is -2.38. The van der Waals surface area contributed by atoms with Gasteiger partial charge in [0, 0.05) is 10.0 Å². The summed E-state index contributed by atoms with van der Waals surface area (Å²) in [6.07, 6.45) is 0. The molecule has 0 radical (unpaired) electrons. The lowest BCUT2D eigenvalue weighted by Gasteiger charge is -2.24. The van der Waals surface area contributed by atoms with Crippen molar-refractivity contribution in [2.24, 2.45) is 0 Å². The van der Waals surface area contributed by atoms with Crippen LogP contribution in [0.1, 0.15) is 6.92 Å². The van der Waals surface area contributed by atoms with Crippen molar-refractivity contribution in [1.82, 2.24) is 10.2 Å². The van der Waals surface area contributed by atoms with Crippen LogP contribution in [-0.2, 0) is 14.8 Å². The van der Waals surface area contributed by atoms with Crippen LogP contribution in [-0.4, -0.2) is 37.7 Å². The number of anilines is 2. The third-order valence-electron chi connectivity index (χ3n) is 4.82. The molecule has 180 valence electrons. The normalized spacial score (nSPS) is 11.1. The highest BCUT2D eigenvalue weighted by Crippen LogP contribution is 2.28. The van der Waals surface area contributed by atoms with Gasteiger partial charge in [0.1, 0.15) is 17.3 Å². The van der Waals surface area contributed by atoms with Gasteiger partial charge in [-0.05, 0) is 55.5 Å². The fourth-order valence-electron chi connectivity index (χ4n) is 3.18. The maximum Gasteiger partial charge on any atom is 0.264 e. The van der Waals surface area contributed by atoms with Crippen molar-refractivity contribution in [3.05, 3.63) is 83.3 Å². The van der Waals surface area contributed by atoms with Crippen LogP contribution in [0.2, 0.25) is 0 Å². The van der Waals surface area contributed by atoms with E-state index in [2.05, 4.69) is 31.4 Å². The quantitative estimate of drug-likeness (QED) is 0.296. The number of rotatable bonds is 9. The molecule has 0 aliphatic rings. The molecular weight excluding hydrogens is 552 g/mol. The lowest BCUT2D eigenvalue weighted by molar-refractivity contribution is -0.114. The lowest BCUT2D eigenvalue weighted by atomic mass is 10.2. The number of benzene rings is 3. The molecule has 8 nitrogen and oxygen atoms in total. The van der Waals surface area contributed by atoms with Crippen molar-refractivity contribution < 1.29 is 17.9 Å². The number of carbonyl (C=O) groups excluding carboxylic acids is 1. The number of carbonyl (C=O) groups is 1. The van der Waals surface area contributed by atoms with E-state index in [-0.39, 0.29) is 10.0 Å². The first-order valence-corrected chi connectivity index (χ1v) is 13.6. The summed E-state index contributed by atoms with van der Waals surface area (Å²) in [5, 5.41) is 11.7. The average molecular weight is 573 g/mol. The molecule has 11 heteroatoms. The molecule has 0 aliphatic carbocycles. The first-order valence-electron chi connectivity index (χ1n) is 10.6. The molecule has 0 spiro atoms. The van der Waals surface area contributed by atoms with E-state index in [0.29, 0.717) is 23.1 Å². The molecule has 1 amide bonds. The molecule has 0 fully saturated rings. The fraction of sp³-hybridized carbons (Fsp3) is 0.125.